The average Bonchev–Trinajstić information content (AvgIpc) is 2.19. The van der Waals surface area contributed by atoms with Crippen LogP contribution in [-0.4, -0.2) is 22.0 Å². The number of rotatable bonds is 4. The van der Waals surface area contributed by atoms with Crippen LogP contribution >= 0.6 is 0 Å². The van der Waals surface area contributed by atoms with Gasteiger partial charge >= 0.3 is 0 Å². The van der Waals surface area contributed by atoms with Crippen molar-refractivity contribution in [3.8, 4) is 0 Å². The smallest absolute Gasteiger partial charge is 0.0545 e. The number of aryl methyl sites for hydroxylation is 2. The third-order valence-electron chi connectivity index (χ3n) is 2.53. The Bertz CT molecular complexity index is 407. The summed E-state index contributed by atoms with van der Waals surface area (Å²) in [4.78, 5) is 0.973. The molecule has 1 rings (SSSR count). The molecule has 0 fully saturated rings. The number of hydrogen-bond acceptors (Lipinski definition) is 2. The van der Waals surface area contributed by atoms with Crippen LogP contribution in [-0.2, 0) is 10.8 Å². The normalized spacial score (nSPS) is 13.7. The second-order valence-electron chi connectivity index (χ2n) is 5.50. The van der Waals surface area contributed by atoms with E-state index in [1.165, 1.54) is 5.56 Å². The van der Waals surface area contributed by atoms with E-state index in [2.05, 4.69) is 32.2 Å². The Hall–Kier alpha value is -0.670. The Balaban J connectivity index is 2.61. The SMILES string of the molecule is Cc1ccc(C)c(S(=O)CCNC(C)(C)C)c1. The Morgan fingerprint density at radius 2 is 1.88 bits per heavy atom. The van der Waals surface area contributed by atoms with E-state index in [0.717, 1.165) is 17.0 Å². The van der Waals surface area contributed by atoms with Gasteiger partial charge in [-0.2, -0.15) is 0 Å². The molecule has 2 nitrogen and oxygen atoms in total. The van der Waals surface area contributed by atoms with Crippen molar-refractivity contribution in [1.29, 1.82) is 0 Å². The summed E-state index contributed by atoms with van der Waals surface area (Å²) in [6, 6.07) is 6.13. The van der Waals surface area contributed by atoms with Gasteiger partial charge in [0.25, 0.3) is 0 Å². The molecule has 1 aromatic rings. The van der Waals surface area contributed by atoms with Gasteiger partial charge in [-0.3, -0.25) is 4.21 Å². The highest BCUT2D eigenvalue weighted by Gasteiger charge is 2.11. The van der Waals surface area contributed by atoms with Crippen LogP contribution in [0.5, 0.6) is 0 Å². The highest BCUT2D eigenvalue weighted by molar-refractivity contribution is 7.85. The molecule has 1 N–H and O–H groups in total. The second kappa shape index (κ2) is 5.78. The van der Waals surface area contributed by atoms with Crippen LogP contribution in [0.3, 0.4) is 0 Å². The van der Waals surface area contributed by atoms with E-state index in [4.69, 9.17) is 0 Å². The zero-order chi connectivity index (χ0) is 13.1. The molecule has 0 aromatic heterocycles. The van der Waals surface area contributed by atoms with Gasteiger partial charge in [-0.05, 0) is 51.8 Å². The summed E-state index contributed by atoms with van der Waals surface area (Å²) in [6.45, 7) is 11.2. The predicted octanol–water partition coefficient (Wildman–Crippen LogP) is 2.80. The molecule has 0 spiro atoms. The first-order valence-corrected chi connectivity index (χ1v) is 7.32. The Morgan fingerprint density at radius 1 is 1.24 bits per heavy atom. The fraction of sp³-hybridized carbons (Fsp3) is 0.571. The van der Waals surface area contributed by atoms with Crippen LogP contribution in [0, 0.1) is 13.8 Å². The van der Waals surface area contributed by atoms with Crippen molar-refractivity contribution in [2.45, 2.75) is 45.1 Å². The lowest BCUT2D eigenvalue weighted by atomic mass is 10.1. The minimum atomic E-state index is -0.902. The molecule has 0 bridgehead atoms. The Morgan fingerprint density at radius 3 is 2.47 bits per heavy atom. The van der Waals surface area contributed by atoms with Gasteiger partial charge < -0.3 is 5.32 Å². The highest BCUT2D eigenvalue weighted by Crippen LogP contribution is 2.15. The summed E-state index contributed by atoms with van der Waals surface area (Å²) < 4.78 is 12.2. The minimum absolute atomic E-state index is 0.0891. The zero-order valence-electron chi connectivity index (χ0n) is 11.5. The van der Waals surface area contributed by atoms with E-state index in [9.17, 15) is 4.21 Å². The molecule has 0 aliphatic carbocycles. The molecule has 1 atom stereocenters. The van der Waals surface area contributed by atoms with Crippen LogP contribution in [0.2, 0.25) is 0 Å². The molecular formula is C14H23NOS. The minimum Gasteiger partial charge on any atom is -0.311 e. The van der Waals surface area contributed by atoms with Crippen molar-refractivity contribution in [3.63, 3.8) is 0 Å². The van der Waals surface area contributed by atoms with E-state index < -0.39 is 10.8 Å². The van der Waals surface area contributed by atoms with Crippen LogP contribution in [0.1, 0.15) is 31.9 Å². The van der Waals surface area contributed by atoms with Crippen molar-refractivity contribution in [1.82, 2.24) is 5.32 Å². The number of hydrogen-bond donors (Lipinski definition) is 1. The van der Waals surface area contributed by atoms with E-state index in [1.807, 2.05) is 26.0 Å². The van der Waals surface area contributed by atoms with Gasteiger partial charge in [-0.25, -0.2) is 0 Å². The van der Waals surface area contributed by atoms with Crippen molar-refractivity contribution in [3.05, 3.63) is 29.3 Å². The summed E-state index contributed by atoms with van der Waals surface area (Å²) in [6.07, 6.45) is 0. The lowest BCUT2D eigenvalue weighted by Gasteiger charge is -2.20. The van der Waals surface area contributed by atoms with Gasteiger partial charge in [0.2, 0.25) is 0 Å². The van der Waals surface area contributed by atoms with Crippen LogP contribution in [0.25, 0.3) is 0 Å². The molecule has 0 saturated carbocycles. The van der Waals surface area contributed by atoms with E-state index in [-0.39, 0.29) is 5.54 Å². The third kappa shape index (κ3) is 5.00. The molecule has 0 saturated heterocycles. The fourth-order valence-electron chi connectivity index (χ4n) is 1.58. The summed E-state index contributed by atoms with van der Waals surface area (Å²) in [5.41, 5.74) is 2.37. The summed E-state index contributed by atoms with van der Waals surface area (Å²) in [7, 11) is -0.902. The molecule has 17 heavy (non-hydrogen) atoms. The highest BCUT2D eigenvalue weighted by atomic mass is 32.2. The summed E-state index contributed by atoms with van der Waals surface area (Å²) in [5, 5.41) is 3.36. The maximum Gasteiger partial charge on any atom is 0.0545 e. The van der Waals surface area contributed by atoms with Crippen LogP contribution in [0.15, 0.2) is 23.1 Å². The molecule has 3 heteroatoms. The van der Waals surface area contributed by atoms with Gasteiger partial charge in [-0.1, -0.05) is 12.1 Å². The summed E-state index contributed by atoms with van der Waals surface area (Å²) >= 11 is 0. The molecule has 0 aliphatic heterocycles. The first-order valence-electron chi connectivity index (χ1n) is 6.00. The largest absolute Gasteiger partial charge is 0.311 e. The maximum atomic E-state index is 12.2. The second-order valence-corrected chi connectivity index (χ2v) is 7.03. The summed E-state index contributed by atoms with van der Waals surface area (Å²) in [5.74, 6) is 0.668. The van der Waals surface area contributed by atoms with Gasteiger partial charge in [0, 0.05) is 22.7 Å². The van der Waals surface area contributed by atoms with Crippen LogP contribution in [0.4, 0.5) is 0 Å². The molecule has 0 radical (unpaired) electrons. The van der Waals surface area contributed by atoms with E-state index in [1.54, 1.807) is 0 Å². The topological polar surface area (TPSA) is 29.1 Å². The third-order valence-corrected chi connectivity index (χ3v) is 4.04. The monoisotopic (exact) mass is 253 g/mol. The van der Waals surface area contributed by atoms with Gasteiger partial charge in [0.15, 0.2) is 0 Å². The predicted molar refractivity (Wildman–Crippen MR) is 74.9 cm³/mol. The zero-order valence-corrected chi connectivity index (χ0v) is 12.3. The Kier molecular flexibility index (Phi) is 4.90. The number of nitrogens with one attached hydrogen (secondary N) is 1. The van der Waals surface area contributed by atoms with Gasteiger partial charge in [-0.15, -0.1) is 0 Å². The standard InChI is InChI=1S/C14H23NOS/c1-11-6-7-12(2)13(10-11)17(16)9-8-15-14(3,4)5/h6-7,10,15H,8-9H2,1-5H3. The molecular weight excluding hydrogens is 230 g/mol. The van der Waals surface area contributed by atoms with Crippen molar-refractivity contribution >= 4 is 10.8 Å². The first-order chi connectivity index (χ1) is 7.79. The van der Waals surface area contributed by atoms with Crippen molar-refractivity contribution < 1.29 is 4.21 Å². The lowest BCUT2D eigenvalue weighted by Crippen LogP contribution is -2.38. The number of benzene rings is 1. The van der Waals surface area contributed by atoms with Gasteiger partial charge in [0.05, 0.1) is 10.8 Å². The quantitative estimate of drug-likeness (QED) is 0.894. The molecule has 1 aromatic carbocycles. The molecule has 0 heterocycles. The molecule has 0 aliphatic rings. The molecule has 1 unspecified atom stereocenters. The van der Waals surface area contributed by atoms with Crippen molar-refractivity contribution in [2.75, 3.05) is 12.3 Å². The van der Waals surface area contributed by atoms with Crippen LogP contribution < -0.4 is 5.32 Å². The molecule has 0 amide bonds. The van der Waals surface area contributed by atoms with E-state index in [0.29, 0.717) is 5.75 Å². The first kappa shape index (κ1) is 14.4. The Labute approximate surface area is 107 Å². The lowest BCUT2D eigenvalue weighted by molar-refractivity contribution is 0.440. The molecule has 96 valence electrons. The van der Waals surface area contributed by atoms with Crippen molar-refractivity contribution in [2.24, 2.45) is 0 Å². The fourth-order valence-corrected chi connectivity index (χ4v) is 2.83. The maximum absolute atomic E-state index is 12.2. The van der Waals surface area contributed by atoms with E-state index >= 15 is 0 Å². The average molecular weight is 253 g/mol. The van der Waals surface area contributed by atoms with Gasteiger partial charge in [0.1, 0.15) is 0 Å².